The molecule has 2 aromatic heterocycles. The van der Waals surface area contributed by atoms with Crippen molar-refractivity contribution in [3.63, 3.8) is 0 Å². The number of benzene rings is 2. The van der Waals surface area contributed by atoms with Gasteiger partial charge in [-0.3, -0.25) is 4.79 Å². The van der Waals surface area contributed by atoms with Crippen molar-refractivity contribution >= 4 is 29.1 Å². The van der Waals surface area contributed by atoms with Gasteiger partial charge in [-0.1, -0.05) is 29.3 Å². The van der Waals surface area contributed by atoms with Crippen LogP contribution in [0.5, 0.6) is 0 Å². The van der Waals surface area contributed by atoms with Crippen molar-refractivity contribution in [2.24, 2.45) is 0 Å². The second-order valence-electron chi connectivity index (χ2n) is 7.37. The first-order valence-electron chi connectivity index (χ1n) is 9.87. The molecular formula is C23H20Cl2FN5O. The van der Waals surface area contributed by atoms with Crippen LogP contribution in [0, 0.1) is 19.7 Å². The zero-order valence-corrected chi connectivity index (χ0v) is 19.0. The van der Waals surface area contributed by atoms with E-state index in [2.05, 4.69) is 15.4 Å². The first kappa shape index (κ1) is 22.0. The summed E-state index contributed by atoms with van der Waals surface area (Å²) in [7, 11) is 0. The Labute approximate surface area is 194 Å². The fraction of sp³-hybridized carbons (Fsp3) is 0.174. The number of nitrogens with zero attached hydrogens (tertiary/aromatic N) is 4. The normalized spacial score (nSPS) is 11.0. The first-order valence-corrected chi connectivity index (χ1v) is 10.6. The highest BCUT2D eigenvalue weighted by Crippen LogP contribution is 2.27. The fourth-order valence-electron chi connectivity index (χ4n) is 3.51. The lowest BCUT2D eigenvalue weighted by Crippen LogP contribution is -2.25. The first-order chi connectivity index (χ1) is 15.3. The predicted octanol–water partition coefficient (Wildman–Crippen LogP) is 4.98. The molecule has 0 radical (unpaired) electrons. The summed E-state index contributed by atoms with van der Waals surface area (Å²) >= 11 is 12.3. The van der Waals surface area contributed by atoms with Gasteiger partial charge in [0.1, 0.15) is 5.82 Å². The maximum atomic E-state index is 14.4. The summed E-state index contributed by atoms with van der Waals surface area (Å²) in [4.78, 5) is 16.5. The van der Waals surface area contributed by atoms with Crippen LogP contribution in [0.4, 0.5) is 4.39 Å². The molecule has 0 saturated carbocycles. The quantitative estimate of drug-likeness (QED) is 0.431. The largest absolute Gasteiger partial charge is 0.352 e. The maximum absolute atomic E-state index is 14.4. The Morgan fingerprint density at radius 2 is 1.91 bits per heavy atom. The Morgan fingerprint density at radius 3 is 2.59 bits per heavy atom. The van der Waals surface area contributed by atoms with Crippen molar-refractivity contribution in [2.45, 2.75) is 26.8 Å². The molecule has 0 spiro atoms. The molecule has 0 aliphatic heterocycles. The molecule has 164 valence electrons. The minimum atomic E-state index is -0.387. The number of aromatic nitrogens is 4. The Balaban J connectivity index is 1.45. The summed E-state index contributed by atoms with van der Waals surface area (Å²) in [5, 5.41) is 8.39. The highest BCUT2D eigenvalue weighted by atomic mass is 35.5. The molecule has 2 aromatic carbocycles. The van der Waals surface area contributed by atoms with Gasteiger partial charge < -0.3 is 9.88 Å². The summed E-state index contributed by atoms with van der Waals surface area (Å²) in [5.41, 5.74) is 4.12. The number of rotatable bonds is 6. The van der Waals surface area contributed by atoms with E-state index in [1.165, 1.54) is 12.4 Å². The molecule has 2 heterocycles. The molecule has 0 bridgehead atoms. The van der Waals surface area contributed by atoms with Gasteiger partial charge in [0.05, 0.1) is 34.8 Å². The van der Waals surface area contributed by atoms with E-state index in [-0.39, 0.29) is 24.7 Å². The molecule has 1 N–H and O–H groups in total. The van der Waals surface area contributed by atoms with Crippen molar-refractivity contribution < 1.29 is 9.18 Å². The predicted molar refractivity (Wildman–Crippen MR) is 122 cm³/mol. The number of aryl methyl sites for hydroxylation is 1. The molecule has 4 rings (SSSR count). The Bertz CT molecular complexity index is 1280. The van der Waals surface area contributed by atoms with E-state index in [1.807, 2.05) is 13.8 Å². The summed E-state index contributed by atoms with van der Waals surface area (Å²) in [5.74, 6) is -0.570. The van der Waals surface area contributed by atoms with Gasteiger partial charge in [0, 0.05) is 35.2 Å². The summed E-state index contributed by atoms with van der Waals surface area (Å²) < 4.78 is 17.7. The molecule has 1 amide bonds. The second-order valence-corrected chi connectivity index (χ2v) is 8.21. The van der Waals surface area contributed by atoms with E-state index in [0.717, 1.165) is 17.0 Å². The summed E-state index contributed by atoms with van der Waals surface area (Å²) in [6.07, 6.45) is 4.93. The number of carbonyl (C=O) groups is 1. The molecule has 0 aliphatic carbocycles. The summed E-state index contributed by atoms with van der Waals surface area (Å²) in [6, 6.07) is 10.0. The number of hydrogen-bond acceptors (Lipinski definition) is 3. The van der Waals surface area contributed by atoms with Gasteiger partial charge in [0.25, 0.3) is 0 Å². The highest BCUT2D eigenvalue weighted by Gasteiger charge is 2.17. The molecular weight excluding hydrogens is 452 g/mol. The van der Waals surface area contributed by atoms with E-state index in [4.69, 9.17) is 23.2 Å². The number of amides is 1. The van der Waals surface area contributed by atoms with Gasteiger partial charge in [-0.2, -0.15) is 5.10 Å². The van der Waals surface area contributed by atoms with Crippen LogP contribution in [0.1, 0.15) is 22.5 Å². The van der Waals surface area contributed by atoms with Gasteiger partial charge in [0.2, 0.25) is 5.91 Å². The van der Waals surface area contributed by atoms with Crippen LogP contribution in [-0.4, -0.2) is 25.2 Å². The Morgan fingerprint density at radius 1 is 1.12 bits per heavy atom. The van der Waals surface area contributed by atoms with Crippen molar-refractivity contribution in [1.29, 1.82) is 0 Å². The average molecular weight is 472 g/mol. The number of carbonyl (C=O) groups excluding carboxylic acids is 1. The van der Waals surface area contributed by atoms with Crippen LogP contribution < -0.4 is 5.32 Å². The SMILES string of the molecule is Cc1nn(-c2ccc(Cl)cc2Cl)c(C)c1CC(=O)NCc1ccc(-n2ccnc2)c(F)c1. The second kappa shape index (κ2) is 9.14. The smallest absolute Gasteiger partial charge is 0.224 e. The molecule has 4 aromatic rings. The van der Waals surface area contributed by atoms with E-state index in [9.17, 15) is 9.18 Å². The third-order valence-electron chi connectivity index (χ3n) is 5.20. The molecule has 0 unspecified atom stereocenters. The van der Waals surface area contributed by atoms with Gasteiger partial charge in [-0.15, -0.1) is 0 Å². The van der Waals surface area contributed by atoms with Crippen LogP contribution in [0.2, 0.25) is 10.0 Å². The van der Waals surface area contributed by atoms with E-state index in [0.29, 0.717) is 27.0 Å². The minimum absolute atomic E-state index is 0.151. The molecule has 0 fully saturated rings. The van der Waals surface area contributed by atoms with Crippen LogP contribution in [0.15, 0.2) is 55.1 Å². The molecule has 6 nitrogen and oxygen atoms in total. The van der Waals surface area contributed by atoms with Gasteiger partial charge in [-0.05, 0) is 49.7 Å². The molecule has 9 heteroatoms. The topological polar surface area (TPSA) is 64.7 Å². The molecule has 32 heavy (non-hydrogen) atoms. The third kappa shape index (κ3) is 4.54. The number of imidazole rings is 1. The lowest BCUT2D eigenvalue weighted by atomic mass is 10.1. The van der Waals surface area contributed by atoms with E-state index < -0.39 is 0 Å². The van der Waals surface area contributed by atoms with Crippen molar-refractivity contribution in [1.82, 2.24) is 24.6 Å². The van der Waals surface area contributed by atoms with E-state index >= 15 is 0 Å². The van der Waals surface area contributed by atoms with Crippen LogP contribution in [0.25, 0.3) is 11.4 Å². The Kier molecular flexibility index (Phi) is 6.30. The van der Waals surface area contributed by atoms with Crippen molar-refractivity contribution in [3.8, 4) is 11.4 Å². The zero-order chi connectivity index (χ0) is 22.8. The van der Waals surface area contributed by atoms with Gasteiger partial charge in [0.15, 0.2) is 0 Å². The standard InChI is InChI=1S/C23H20Cl2FN5O/c1-14-18(15(2)31(29-14)21-6-4-17(24)10-19(21)25)11-23(32)28-12-16-3-5-22(20(26)9-16)30-8-7-27-13-30/h3-10,13H,11-12H2,1-2H3,(H,28,32). The third-order valence-corrected chi connectivity index (χ3v) is 5.74. The molecule has 0 saturated heterocycles. The highest BCUT2D eigenvalue weighted by molar-refractivity contribution is 6.35. The number of hydrogen-bond donors (Lipinski definition) is 1. The molecule has 0 aliphatic rings. The van der Waals surface area contributed by atoms with Crippen molar-refractivity contribution in [3.05, 3.63) is 93.5 Å². The average Bonchev–Trinajstić information content (AvgIpc) is 3.37. The monoisotopic (exact) mass is 471 g/mol. The Hall–Kier alpha value is -3.16. The van der Waals surface area contributed by atoms with Crippen LogP contribution in [-0.2, 0) is 17.8 Å². The van der Waals surface area contributed by atoms with Gasteiger partial charge in [-0.25, -0.2) is 14.1 Å². The lowest BCUT2D eigenvalue weighted by molar-refractivity contribution is -0.120. The fourth-order valence-corrected chi connectivity index (χ4v) is 4.00. The summed E-state index contributed by atoms with van der Waals surface area (Å²) in [6.45, 7) is 3.95. The number of halogens is 3. The molecule has 0 atom stereocenters. The van der Waals surface area contributed by atoms with Gasteiger partial charge >= 0.3 is 0 Å². The van der Waals surface area contributed by atoms with E-state index in [1.54, 1.807) is 52.0 Å². The zero-order valence-electron chi connectivity index (χ0n) is 17.4. The number of nitrogens with one attached hydrogen (secondary N) is 1. The maximum Gasteiger partial charge on any atom is 0.224 e. The lowest BCUT2D eigenvalue weighted by Gasteiger charge is -2.09. The van der Waals surface area contributed by atoms with Crippen molar-refractivity contribution in [2.75, 3.05) is 0 Å². The minimum Gasteiger partial charge on any atom is -0.352 e. The van der Waals surface area contributed by atoms with Crippen LogP contribution >= 0.6 is 23.2 Å². The van der Waals surface area contributed by atoms with Crippen LogP contribution in [0.3, 0.4) is 0 Å².